The molecule has 1 aliphatic heterocycles. The Kier molecular flexibility index (Phi) is 5.62. The average Bonchev–Trinajstić information content (AvgIpc) is 3.45. The summed E-state index contributed by atoms with van der Waals surface area (Å²) in [7, 11) is 0. The fourth-order valence-corrected chi connectivity index (χ4v) is 4.19. The lowest BCUT2D eigenvalue weighted by molar-refractivity contribution is 0.0203. The molecule has 10 nitrogen and oxygen atoms in total. The molecule has 1 fully saturated rings. The Bertz CT molecular complexity index is 1420. The molecule has 182 valence electrons. The zero-order chi connectivity index (χ0) is 24.7. The predicted octanol–water partition coefficient (Wildman–Crippen LogP) is 3.99. The molecular formula is C24H25FN6O4. The Morgan fingerprint density at radius 1 is 1.20 bits per heavy atom. The Hall–Kier alpha value is -4.02. The highest BCUT2D eigenvalue weighted by atomic mass is 19.1. The van der Waals surface area contributed by atoms with Crippen LogP contribution in [0.3, 0.4) is 0 Å². The minimum absolute atomic E-state index is 0.0312. The number of carbonyl (C=O) groups is 1. The summed E-state index contributed by atoms with van der Waals surface area (Å²) in [5, 5.41) is 8.45. The molecule has 1 aliphatic rings. The van der Waals surface area contributed by atoms with Gasteiger partial charge in [-0.3, -0.25) is 4.79 Å². The van der Waals surface area contributed by atoms with Gasteiger partial charge in [-0.15, -0.1) is 0 Å². The molecule has 0 saturated carbocycles. The molecule has 0 aliphatic carbocycles. The monoisotopic (exact) mass is 480 g/mol. The van der Waals surface area contributed by atoms with Crippen molar-refractivity contribution < 1.29 is 18.4 Å². The fraction of sp³-hybridized carbons (Fsp3) is 0.375. The van der Waals surface area contributed by atoms with Crippen molar-refractivity contribution in [3.05, 3.63) is 58.4 Å². The number of ether oxygens (including phenoxy) is 1. The number of piperidine rings is 1. The molecule has 1 saturated heterocycles. The number of aromatic nitrogens is 5. The average molecular weight is 481 g/mol. The first-order valence-corrected chi connectivity index (χ1v) is 11.4. The number of halogens is 1. The van der Waals surface area contributed by atoms with Crippen LogP contribution >= 0.6 is 0 Å². The molecule has 1 aromatic carbocycles. The van der Waals surface area contributed by atoms with E-state index >= 15 is 0 Å². The van der Waals surface area contributed by atoms with E-state index < -0.39 is 5.60 Å². The Morgan fingerprint density at radius 2 is 1.91 bits per heavy atom. The Balaban J connectivity index is 1.40. The van der Waals surface area contributed by atoms with Gasteiger partial charge in [-0.1, -0.05) is 5.16 Å². The maximum atomic E-state index is 13.2. The van der Waals surface area contributed by atoms with Gasteiger partial charge < -0.3 is 19.1 Å². The van der Waals surface area contributed by atoms with Gasteiger partial charge in [-0.25, -0.2) is 13.7 Å². The fourth-order valence-electron chi connectivity index (χ4n) is 4.19. The summed E-state index contributed by atoms with van der Waals surface area (Å²) in [6.07, 6.45) is 2.57. The summed E-state index contributed by atoms with van der Waals surface area (Å²) >= 11 is 0. The van der Waals surface area contributed by atoms with Crippen LogP contribution in [-0.4, -0.2) is 54.4 Å². The van der Waals surface area contributed by atoms with E-state index in [-0.39, 0.29) is 29.3 Å². The minimum Gasteiger partial charge on any atom is -0.444 e. The van der Waals surface area contributed by atoms with Crippen LogP contribution in [0.4, 0.5) is 9.18 Å². The van der Waals surface area contributed by atoms with Crippen molar-refractivity contribution in [1.82, 2.24) is 29.6 Å². The number of amides is 1. The van der Waals surface area contributed by atoms with Crippen molar-refractivity contribution >= 4 is 11.7 Å². The summed E-state index contributed by atoms with van der Waals surface area (Å²) in [6, 6.07) is 7.29. The van der Waals surface area contributed by atoms with Crippen molar-refractivity contribution in [2.45, 2.75) is 45.1 Å². The third kappa shape index (κ3) is 4.66. The first-order chi connectivity index (χ1) is 16.7. The van der Waals surface area contributed by atoms with Crippen LogP contribution in [0.5, 0.6) is 0 Å². The van der Waals surface area contributed by atoms with Gasteiger partial charge in [0.2, 0.25) is 5.82 Å². The summed E-state index contributed by atoms with van der Waals surface area (Å²) in [4.78, 5) is 33.8. The van der Waals surface area contributed by atoms with E-state index in [1.165, 1.54) is 18.2 Å². The molecule has 1 N–H and O–H groups in total. The number of rotatable bonds is 3. The van der Waals surface area contributed by atoms with Gasteiger partial charge in [0, 0.05) is 30.6 Å². The lowest BCUT2D eigenvalue weighted by Gasteiger charge is -2.33. The maximum absolute atomic E-state index is 13.2. The molecule has 35 heavy (non-hydrogen) atoms. The lowest BCUT2D eigenvalue weighted by Crippen LogP contribution is -2.41. The van der Waals surface area contributed by atoms with Crippen LogP contribution in [0.1, 0.15) is 45.2 Å². The zero-order valence-electron chi connectivity index (χ0n) is 19.6. The topological polar surface area (TPSA) is 119 Å². The SMILES string of the molecule is CC(C)(C)OC(=O)N1CCC(c2cc(=O)[nH]c3c(-c4nc(-c5ccc(F)cc5)no4)cnn23)CC1. The summed E-state index contributed by atoms with van der Waals surface area (Å²) in [6.45, 7) is 6.56. The molecular weight excluding hydrogens is 455 g/mol. The smallest absolute Gasteiger partial charge is 0.410 e. The number of H-pyrrole nitrogens is 1. The van der Waals surface area contributed by atoms with E-state index in [2.05, 4.69) is 20.2 Å². The van der Waals surface area contributed by atoms with Gasteiger partial charge in [0.05, 0.1) is 11.9 Å². The number of nitrogens with one attached hydrogen (secondary N) is 1. The minimum atomic E-state index is -0.552. The van der Waals surface area contributed by atoms with E-state index in [4.69, 9.17) is 9.26 Å². The number of hydrogen-bond donors (Lipinski definition) is 1. The largest absolute Gasteiger partial charge is 0.444 e. The Labute approximate surface area is 199 Å². The van der Waals surface area contributed by atoms with Crippen LogP contribution in [0.25, 0.3) is 28.5 Å². The highest BCUT2D eigenvalue weighted by Crippen LogP contribution is 2.31. The zero-order valence-corrected chi connectivity index (χ0v) is 19.6. The molecule has 11 heteroatoms. The number of hydrogen-bond acceptors (Lipinski definition) is 7. The second-order valence-electron chi connectivity index (χ2n) is 9.55. The number of likely N-dealkylation sites (tertiary alicyclic amines) is 1. The van der Waals surface area contributed by atoms with Crippen LogP contribution in [0.15, 0.2) is 45.8 Å². The van der Waals surface area contributed by atoms with Crippen molar-refractivity contribution in [3.63, 3.8) is 0 Å². The van der Waals surface area contributed by atoms with E-state index in [1.807, 2.05) is 20.8 Å². The van der Waals surface area contributed by atoms with E-state index in [0.29, 0.717) is 48.5 Å². The molecule has 0 radical (unpaired) electrons. The van der Waals surface area contributed by atoms with Crippen molar-refractivity contribution in [3.8, 4) is 22.8 Å². The number of nitrogens with zero attached hydrogens (tertiary/aromatic N) is 5. The highest BCUT2D eigenvalue weighted by molar-refractivity contribution is 5.72. The molecule has 0 unspecified atom stereocenters. The van der Waals surface area contributed by atoms with E-state index in [9.17, 15) is 14.0 Å². The number of fused-ring (bicyclic) bond motifs is 1. The van der Waals surface area contributed by atoms with Gasteiger partial charge >= 0.3 is 6.09 Å². The molecule has 0 atom stereocenters. The van der Waals surface area contributed by atoms with E-state index in [0.717, 1.165) is 5.69 Å². The summed E-state index contributed by atoms with van der Waals surface area (Å²) < 4.78 is 25.8. The van der Waals surface area contributed by atoms with Gasteiger partial charge in [-0.05, 0) is 57.9 Å². The second-order valence-corrected chi connectivity index (χ2v) is 9.55. The predicted molar refractivity (Wildman–Crippen MR) is 124 cm³/mol. The third-order valence-electron chi connectivity index (χ3n) is 5.86. The number of aromatic amines is 1. The third-order valence-corrected chi connectivity index (χ3v) is 5.86. The molecule has 5 rings (SSSR count). The van der Waals surface area contributed by atoms with Gasteiger partial charge in [-0.2, -0.15) is 10.1 Å². The normalized spacial score (nSPS) is 15.0. The van der Waals surface area contributed by atoms with Crippen LogP contribution in [0, 0.1) is 5.82 Å². The molecule has 0 bridgehead atoms. The molecule has 1 amide bonds. The molecule has 4 heterocycles. The first kappa shape index (κ1) is 22.8. The Morgan fingerprint density at radius 3 is 2.60 bits per heavy atom. The maximum Gasteiger partial charge on any atom is 0.410 e. The number of benzene rings is 1. The van der Waals surface area contributed by atoms with Crippen LogP contribution in [-0.2, 0) is 4.74 Å². The van der Waals surface area contributed by atoms with Gasteiger partial charge in [0.15, 0.2) is 0 Å². The van der Waals surface area contributed by atoms with Crippen LogP contribution in [0.2, 0.25) is 0 Å². The molecule has 0 spiro atoms. The quantitative estimate of drug-likeness (QED) is 0.471. The molecule has 4 aromatic rings. The van der Waals surface area contributed by atoms with Gasteiger partial charge in [0.25, 0.3) is 11.4 Å². The summed E-state index contributed by atoms with van der Waals surface area (Å²) in [5.74, 6) is 0.157. The number of carbonyl (C=O) groups excluding carboxylic acids is 1. The van der Waals surface area contributed by atoms with Crippen molar-refractivity contribution in [2.75, 3.05) is 13.1 Å². The van der Waals surface area contributed by atoms with Crippen molar-refractivity contribution in [1.29, 1.82) is 0 Å². The standard InChI is InChI=1S/C24H25FN6O4/c1-24(2,3)34-23(33)30-10-8-14(9-11-30)18-12-19(32)27-21-17(13-26-31(18)21)22-28-20(29-35-22)15-4-6-16(25)7-5-15/h4-7,12-14H,8-11H2,1-3H3,(H,27,32). The van der Waals surface area contributed by atoms with E-state index in [1.54, 1.807) is 27.7 Å². The van der Waals surface area contributed by atoms with Crippen molar-refractivity contribution in [2.24, 2.45) is 0 Å². The second kappa shape index (κ2) is 8.64. The first-order valence-electron chi connectivity index (χ1n) is 11.4. The summed E-state index contributed by atoms with van der Waals surface area (Å²) in [5.41, 5.74) is 1.44. The highest BCUT2D eigenvalue weighted by Gasteiger charge is 2.29. The van der Waals surface area contributed by atoms with Gasteiger partial charge in [0.1, 0.15) is 22.6 Å². The lowest BCUT2D eigenvalue weighted by atomic mass is 9.93. The van der Waals surface area contributed by atoms with Crippen LogP contribution < -0.4 is 5.56 Å². The molecule has 3 aromatic heterocycles.